The predicted octanol–water partition coefficient (Wildman–Crippen LogP) is -3.93. The summed E-state index contributed by atoms with van der Waals surface area (Å²) in [7, 11) is 0.750. The van der Waals surface area contributed by atoms with Crippen LogP contribution in [0.5, 0.6) is 0 Å². The van der Waals surface area contributed by atoms with Crippen molar-refractivity contribution in [1.29, 1.82) is 0 Å². The summed E-state index contributed by atoms with van der Waals surface area (Å²) in [5.74, 6) is -0.833. The second-order valence-corrected chi connectivity index (χ2v) is 0.519. The van der Waals surface area contributed by atoms with Crippen LogP contribution >= 0.6 is 0 Å². The summed E-state index contributed by atoms with van der Waals surface area (Å²) >= 11 is 0. The summed E-state index contributed by atoms with van der Waals surface area (Å²) in [5.41, 5.74) is 0. The number of carboxylic acid groups (broad SMARTS) is 1. The van der Waals surface area contributed by atoms with E-state index in [0.717, 1.165) is 14.0 Å². The number of aliphatic carboxylic acids is 1. The molecule has 0 amide bonds. The van der Waals surface area contributed by atoms with Gasteiger partial charge in [-0.3, -0.25) is 4.79 Å². The molecule has 0 aliphatic rings. The molecular weight excluding hydrogens is 123 g/mol. The zero-order valence-corrected chi connectivity index (χ0v) is 7.89. The Morgan fingerprint density at radius 2 is 1.57 bits per heavy atom. The van der Waals surface area contributed by atoms with Crippen LogP contribution in [0, 0.1) is 0 Å². The average Bonchev–Trinajstić information content (AvgIpc) is 1.41. The largest absolute Gasteiger partial charge is 1.00 e. The minimum Gasteiger partial charge on any atom is -0.857 e. The number of hydrogen-bond acceptors (Lipinski definition) is 2. The molecule has 0 unspecified atom stereocenters. The maximum absolute atomic E-state index is 9.00. The molecule has 1 N–H and O–H groups in total. The molecule has 0 aliphatic carbocycles. The summed E-state index contributed by atoms with van der Waals surface area (Å²) in [5, 5.41) is 15.7. The van der Waals surface area contributed by atoms with Crippen molar-refractivity contribution in [1.82, 2.24) is 0 Å². The standard InChI is InChI=1S/C2H4O2.CH3O.K/c1-2(3)4;1-2;/h1H3,(H,3,4);1H3;/q;-1;+1. The van der Waals surface area contributed by atoms with Crippen LogP contribution in [0.3, 0.4) is 0 Å². The van der Waals surface area contributed by atoms with Crippen molar-refractivity contribution >= 4 is 5.97 Å². The fourth-order valence-corrected chi connectivity index (χ4v) is 0. The fraction of sp³-hybridized carbons (Fsp3) is 0.667. The van der Waals surface area contributed by atoms with E-state index in [1.165, 1.54) is 0 Å². The quantitative estimate of drug-likeness (QED) is 0.341. The van der Waals surface area contributed by atoms with E-state index < -0.39 is 5.97 Å². The first-order chi connectivity index (χ1) is 2.73. The van der Waals surface area contributed by atoms with Gasteiger partial charge in [0.15, 0.2) is 0 Å². The maximum Gasteiger partial charge on any atom is 1.00 e. The van der Waals surface area contributed by atoms with Gasteiger partial charge in [0.05, 0.1) is 0 Å². The maximum atomic E-state index is 9.00. The molecule has 38 valence electrons. The Morgan fingerprint density at radius 3 is 1.57 bits per heavy atom. The molecule has 0 aliphatic heterocycles. The van der Waals surface area contributed by atoms with E-state index in [9.17, 15) is 0 Å². The van der Waals surface area contributed by atoms with E-state index in [1.807, 2.05) is 0 Å². The molecule has 0 saturated heterocycles. The average molecular weight is 130 g/mol. The van der Waals surface area contributed by atoms with Gasteiger partial charge >= 0.3 is 51.4 Å². The summed E-state index contributed by atoms with van der Waals surface area (Å²) in [4.78, 5) is 9.00. The van der Waals surface area contributed by atoms with Crippen molar-refractivity contribution in [3.05, 3.63) is 0 Å². The molecule has 0 fully saturated rings. The monoisotopic (exact) mass is 130 g/mol. The zero-order valence-electron chi connectivity index (χ0n) is 4.76. The van der Waals surface area contributed by atoms with Crippen LogP contribution in [0.25, 0.3) is 0 Å². The van der Waals surface area contributed by atoms with E-state index in [2.05, 4.69) is 0 Å². The SMILES string of the molecule is CC(=O)O.C[O-].[K+]. The molecule has 7 heavy (non-hydrogen) atoms. The van der Waals surface area contributed by atoms with Crippen LogP contribution in [0.1, 0.15) is 6.92 Å². The first-order valence-electron chi connectivity index (χ1n) is 1.34. The summed E-state index contributed by atoms with van der Waals surface area (Å²) in [6.45, 7) is 1.08. The number of carboxylic acids is 1. The molecule has 0 heterocycles. The van der Waals surface area contributed by atoms with Gasteiger partial charge in [-0.05, 0) is 0 Å². The fourth-order valence-electron chi connectivity index (χ4n) is 0. The van der Waals surface area contributed by atoms with Crippen LogP contribution in [0.2, 0.25) is 0 Å². The molecule has 0 radical (unpaired) electrons. The predicted molar refractivity (Wildman–Crippen MR) is 19.2 cm³/mol. The van der Waals surface area contributed by atoms with Gasteiger partial charge < -0.3 is 10.2 Å². The Hall–Kier alpha value is 1.07. The van der Waals surface area contributed by atoms with E-state index in [1.54, 1.807) is 0 Å². The second kappa shape index (κ2) is 15.7. The molecule has 0 bridgehead atoms. The Bertz CT molecular complexity index is 33.2. The zero-order chi connectivity index (χ0) is 5.58. The van der Waals surface area contributed by atoms with Gasteiger partial charge in [-0.2, -0.15) is 7.11 Å². The summed E-state index contributed by atoms with van der Waals surface area (Å²) < 4.78 is 0. The number of carbonyl (C=O) groups is 1. The molecule has 0 aromatic carbocycles. The molecular formula is C3H7KO3. The number of hydrogen-bond donors (Lipinski definition) is 1. The minimum absolute atomic E-state index is 0. The molecule has 3 nitrogen and oxygen atoms in total. The van der Waals surface area contributed by atoms with E-state index in [4.69, 9.17) is 15.0 Å². The Balaban J connectivity index is -0.0000000480. The third kappa shape index (κ3) is 160. The Labute approximate surface area is 85.1 Å². The first kappa shape index (κ1) is 15.7. The topological polar surface area (TPSA) is 60.4 Å². The van der Waals surface area contributed by atoms with Crippen molar-refractivity contribution in [2.75, 3.05) is 7.11 Å². The van der Waals surface area contributed by atoms with E-state index >= 15 is 0 Å². The van der Waals surface area contributed by atoms with Crippen molar-refractivity contribution in [3.63, 3.8) is 0 Å². The van der Waals surface area contributed by atoms with Crippen LogP contribution in [-0.4, -0.2) is 18.2 Å². The third-order valence-corrected chi connectivity index (χ3v) is 0. The number of rotatable bonds is 0. The molecule has 0 aromatic heterocycles. The van der Waals surface area contributed by atoms with Gasteiger partial charge in [0.2, 0.25) is 0 Å². The van der Waals surface area contributed by atoms with Crippen molar-refractivity contribution in [2.24, 2.45) is 0 Å². The van der Waals surface area contributed by atoms with Gasteiger partial charge in [0.25, 0.3) is 5.97 Å². The van der Waals surface area contributed by atoms with Gasteiger partial charge in [0.1, 0.15) is 0 Å². The van der Waals surface area contributed by atoms with Crippen LogP contribution in [0.15, 0.2) is 0 Å². The van der Waals surface area contributed by atoms with Crippen molar-refractivity contribution in [3.8, 4) is 0 Å². The van der Waals surface area contributed by atoms with Gasteiger partial charge in [-0.25, -0.2) is 0 Å². The van der Waals surface area contributed by atoms with Gasteiger partial charge in [-0.1, -0.05) is 0 Å². The minimum atomic E-state index is -0.833. The molecule has 0 aromatic rings. The van der Waals surface area contributed by atoms with Crippen LogP contribution < -0.4 is 56.5 Å². The summed E-state index contributed by atoms with van der Waals surface area (Å²) in [6.07, 6.45) is 0. The molecule has 0 atom stereocenters. The second-order valence-electron chi connectivity index (χ2n) is 0.519. The van der Waals surface area contributed by atoms with Crippen LogP contribution in [-0.2, 0) is 4.79 Å². The first-order valence-corrected chi connectivity index (χ1v) is 1.34. The smallest absolute Gasteiger partial charge is 0.857 e. The van der Waals surface area contributed by atoms with Gasteiger partial charge in [0, 0.05) is 6.92 Å². The normalized spacial score (nSPS) is 4.43. The van der Waals surface area contributed by atoms with Crippen molar-refractivity contribution < 1.29 is 66.4 Å². The van der Waals surface area contributed by atoms with Crippen LogP contribution in [0.4, 0.5) is 0 Å². The Morgan fingerprint density at radius 1 is 1.57 bits per heavy atom. The molecule has 4 heteroatoms. The molecule has 0 spiro atoms. The van der Waals surface area contributed by atoms with Crippen molar-refractivity contribution in [2.45, 2.75) is 6.92 Å². The molecule has 0 rings (SSSR count). The summed E-state index contributed by atoms with van der Waals surface area (Å²) in [6, 6.07) is 0. The Kier molecular flexibility index (Phi) is 35.3. The van der Waals surface area contributed by atoms with E-state index in [-0.39, 0.29) is 51.4 Å². The third-order valence-electron chi connectivity index (χ3n) is 0. The van der Waals surface area contributed by atoms with E-state index in [0.29, 0.717) is 0 Å². The molecule has 0 saturated carbocycles. The van der Waals surface area contributed by atoms with Gasteiger partial charge in [-0.15, -0.1) is 0 Å².